The molecule has 1 aromatic carbocycles. The van der Waals surface area contributed by atoms with Crippen molar-refractivity contribution in [2.75, 3.05) is 25.3 Å². The molecule has 132 valence electrons. The summed E-state index contributed by atoms with van der Waals surface area (Å²) in [6.07, 6.45) is 1.13. The minimum Gasteiger partial charge on any atom is -0.398 e. The second-order valence-corrected chi connectivity index (χ2v) is 15.1. The first-order valence-electron chi connectivity index (χ1n) is 8.93. The molecule has 0 heterocycles. The Hall–Kier alpha value is -0.626. The van der Waals surface area contributed by atoms with Crippen LogP contribution in [0.1, 0.15) is 27.2 Å². The number of nitrogens with zero attached hydrogens (tertiary/aromatic N) is 1. The van der Waals surface area contributed by atoms with Gasteiger partial charge >= 0.3 is 8.56 Å². The zero-order valence-corrected chi connectivity index (χ0v) is 17.9. The molecule has 0 aliphatic rings. The number of hydrogen-bond donors (Lipinski definition) is 0. The highest BCUT2D eigenvalue weighted by Gasteiger charge is 2.35. The summed E-state index contributed by atoms with van der Waals surface area (Å²) in [6.45, 7) is 10.4. The van der Waals surface area contributed by atoms with Crippen LogP contribution in [0.4, 0.5) is 5.69 Å². The summed E-state index contributed by atoms with van der Waals surface area (Å²) in [4.78, 5) is 0. The number of para-hydroxylation sites is 1. The van der Waals surface area contributed by atoms with Gasteiger partial charge in [0.2, 0.25) is 0 Å². The third-order valence-corrected chi connectivity index (χ3v) is 14.1. The highest BCUT2D eigenvalue weighted by Crippen LogP contribution is 2.31. The third kappa shape index (κ3) is 5.17. The lowest BCUT2D eigenvalue weighted by molar-refractivity contribution is 0.249. The minimum absolute atomic E-state index is 1.05. The predicted molar refractivity (Wildman–Crippen MR) is 106 cm³/mol. The molecule has 0 atom stereocenters. The molecule has 0 radical (unpaired) electrons. The second kappa shape index (κ2) is 9.62. The van der Waals surface area contributed by atoms with E-state index in [9.17, 15) is 0 Å². The molecule has 1 rings (SSSR count). The van der Waals surface area contributed by atoms with Crippen molar-refractivity contribution in [2.24, 2.45) is 0 Å². The van der Waals surface area contributed by atoms with Crippen molar-refractivity contribution in [1.29, 1.82) is 0 Å². The lowest BCUT2D eigenvalue weighted by Crippen LogP contribution is -2.53. The average Bonchev–Trinajstić information content (AvgIpc) is 2.62. The van der Waals surface area contributed by atoms with Gasteiger partial charge in [0.25, 0.3) is 0 Å². The maximum Gasteiger partial charge on any atom is 0.334 e. The Labute approximate surface area is 145 Å². The largest absolute Gasteiger partial charge is 0.398 e. The van der Waals surface area contributed by atoms with Crippen molar-refractivity contribution in [2.45, 2.75) is 57.9 Å². The van der Waals surface area contributed by atoms with Gasteiger partial charge in [0.05, 0.1) is 0 Å². The minimum atomic E-state index is -1.97. The van der Waals surface area contributed by atoms with Crippen LogP contribution in [0, 0.1) is 0 Å². The quantitative estimate of drug-likeness (QED) is 0.507. The molecular weight excluding hydrogens is 318 g/mol. The topological polar surface area (TPSA) is 21.7 Å². The van der Waals surface area contributed by atoms with Gasteiger partial charge in [0.1, 0.15) is 0 Å². The van der Waals surface area contributed by atoms with Crippen LogP contribution < -0.4 is 4.57 Å². The fourth-order valence-electron chi connectivity index (χ4n) is 3.42. The summed E-state index contributed by atoms with van der Waals surface area (Å²) in [5.41, 5.74) is 1.39. The molecular formula is C18H35NO2Si2. The monoisotopic (exact) mass is 353 g/mol. The van der Waals surface area contributed by atoms with Gasteiger partial charge in [-0.1, -0.05) is 39.0 Å². The van der Waals surface area contributed by atoms with Crippen LogP contribution in [0.3, 0.4) is 0 Å². The molecule has 0 saturated carbocycles. The van der Waals surface area contributed by atoms with Crippen LogP contribution in [0.5, 0.6) is 0 Å². The summed E-state index contributed by atoms with van der Waals surface area (Å²) in [5.74, 6) is 0. The highest BCUT2D eigenvalue weighted by molar-refractivity contribution is 6.83. The van der Waals surface area contributed by atoms with Crippen LogP contribution in [0.2, 0.25) is 30.7 Å². The number of hydrogen-bond acceptors (Lipinski definition) is 3. The van der Waals surface area contributed by atoms with Crippen LogP contribution in [0.25, 0.3) is 0 Å². The number of benzene rings is 1. The van der Waals surface area contributed by atoms with E-state index in [4.69, 9.17) is 8.85 Å². The Balaban J connectivity index is 2.93. The molecule has 0 aromatic heterocycles. The molecule has 0 spiro atoms. The Morgan fingerprint density at radius 1 is 0.913 bits per heavy atom. The van der Waals surface area contributed by atoms with Gasteiger partial charge in [-0.2, -0.15) is 0 Å². The van der Waals surface area contributed by atoms with E-state index < -0.39 is 16.8 Å². The summed E-state index contributed by atoms with van der Waals surface area (Å²) >= 11 is 0. The fraction of sp³-hybridized carbons (Fsp3) is 0.667. The Kier molecular flexibility index (Phi) is 8.54. The SMILES string of the molecule is CC[Si](CC)(CC)N(CCC[Si](C)(OC)OC)c1ccccc1. The molecule has 0 bridgehead atoms. The van der Waals surface area contributed by atoms with E-state index in [1.807, 2.05) is 0 Å². The maximum atomic E-state index is 5.65. The Morgan fingerprint density at radius 3 is 1.87 bits per heavy atom. The molecule has 0 amide bonds. The standard InChI is InChI=1S/C18H35NO2Si2/c1-7-23(8-2,9-3)19(18-14-11-10-12-15-18)16-13-17-22(6,20-4)21-5/h10-12,14-15H,7-9,13,16-17H2,1-6H3. The molecule has 0 fully saturated rings. The first-order valence-corrected chi connectivity index (χ1v) is 14.0. The smallest absolute Gasteiger partial charge is 0.334 e. The van der Waals surface area contributed by atoms with Gasteiger partial charge in [-0.05, 0) is 49.3 Å². The van der Waals surface area contributed by atoms with Crippen LogP contribution in [-0.4, -0.2) is 37.6 Å². The average molecular weight is 354 g/mol. The maximum absolute atomic E-state index is 5.65. The normalized spacial score (nSPS) is 12.4. The van der Waals surface area contributed by atoms with Gasteiger partial charge in [0.15, 0.2) is 8.24 Å². The summed E-state index contributed by atoms with van der Waals surface area (Å²) in [6, 6.07) is 15.9. The van der Waals surface area contributed by atoms with Gasteiger partial charge in [0, 0.05) is 26.5 Å². The van der Waals surface area contributed by atoms with Crippen LogP contribution in [-0.2, 0) is 8.85 Å². The third-order valence-electron chi connectivity index (χ3n) is 5.49. The van der Waals surface area contributed by atoms with Crippen molar-refractivity contribution in [3.63, 3.8) is 0 Å². The first kappa shape index (κ1) is 20.4. The zero-order chi connectivity index (χ0) is 17.3. The van der Waals surface area contributed by atoms with Crippen LogP contribution >= 0.6 is 0 Å². The fourth-order valence-corrected chi connectivity index (χ4v) is 8.77. The number of anilines is 1. The van der Waals surface area contributed by atoms with Crippen molar-refractivity contribution >= 4 is 22.5 Å². The van der Waals surface area contributed by atoms with Gasteiger partial charge in [-0.3, -0.25) is 0 Å². The molecule has 0 N–H and O–H groups in total. The van der Waals surface area contributed by atoms with E-state index in [2.05, 4.69) is 62.2 Å². The van der Waals surface area contributed by atoms with Crippen molar-refractivity contribution in [3.8, 4) is 0 Å². The summed E-state index contributed by atoms with van der Waals surface area (Å²) in [7, 11) is 0.168. The molecule has 23 heavy (non-hydrogen) atoms. The van der Waals surface area contributed by atoms with E-state index in [1.54, 1.807) is 14.2 Å². The van der Waals surface area contributed by atoms with E-state index in [0.29, 0.717) is 0 Å². The lowest BCUT2D eigenvalue weighted by Gasteiger charge is -2.43. The Morgan fingerprint density at radius 2 is 1.43 bits per heavy atom. The molecule has 1 aromatic rings. The Bertz CT molecular complexity index is 426. The van der Waals surface area contributed by atoms with Crippen molar-refractivity contribution < 1.29 is 8.85 Å². The lowest BCUT2D eigenvalue weighted by atomic mass is 10.3. The second-order valence-electron chi connectivity index (χ2n) is 6.42. The summed E-state index contributed by atoms with van der Waals surface area (Å²) < 4.78 is 14.1. The molecule has 0 aliphatic carbocycles. The molecule has 3 nitrogen and oxygen atoms in total. The van der Waals surface area contributed by atoms with Gasteiger partial charge < -0.3 is 13.4 Å². The number of rotatable bonds is 11. The van der Waals surface area contributed by atoms with E-state index in [1.165, 1.54) is 23.8 Å². The molecule has 0 unspecified atom stereocenters. The zero-order valence-electron chi connectivity index (χ0n) is 15.9. The van der Waals surface area contributed by atoms with E-state index in [-0.39, 0.29) is 0 Å². The van der Waals surface area contributed by atoms with Gasteiger partial charge in [-0.25, -0.2) is 0 Å². The first-order chi connectivity index (χ1) is 11.0. The van der Waals surface area contributed by atoms with E-state index >= 15 is 0 Å². The summed E-state index contributed by atoms with van der Waals surface area (Å²) in [5, 5.41) is 0. The molecule has 5 heteroatoms. The molecule has 0 aliphatic heterocycles. The van der Waals surface area contributed by atoms with Crippen molar-refractivity contribution in [3.05, 3.63) is 30.3 Å². The highest BCUT2D eigenvalue weighted by atomic mass is 28.4. The van der Waals surface area contributed by atoms with Gasteiger partial charge in [-0.15, -0.1) is 0 Å². The van der Waals surface area contributed by atoms with Crippen LogP contribution in [0.15, 0.2) is 30.3 Å². The predicted octanol–water partition coefficient (Wildman–Crippen LogP) is 5.25. The molecule has 0 saturated heterocycles. The van der Waals surface area contributed by atoms with Crippen molar-refractivity contribution in [1.82, 2.24) is 0 Å². The van der Waals surface area contributed by atoms with E-state index in [0.717, 1.165) is 19.0 Å².